The number of likely N-dealkylation sites (N-methyl/N-ethyl adjacent to an activating group) is 1. The van der Waals surface area contributed by atoms with Crippen LogP contribution in [0.4, 0.5) is 11.4 Å². The molecule has 1 aromatic rings. The fraction of sp³-hybridized carbons (Fsp3) is 0.571. The van der Waals surface area contributed by atoms with E-state index in [1.807, 2.05) is 0 Å². The Kier molecular flexibility index (Phi) is 5.02. The predicted molar refractivity (Wildman–Crippen MR) is 83.1 cm³/mol. The van der Waals surface area contributed by atoms with Gasteiger partial charge in [0.05, 0.1) is 15.9 Å². The van der Waals surface area contributed by atoms with Crippen LogP contribution in [0, 0.1) is 10.1 Å². The molecule has 0 spiro atoms. The molecule has 2 rings (SSSR count). The Hall–Kier alpha value is -1.67. The van der Waals surface area contributed by atoms with E-state index in [1.54, 1.807) is 11.9 Å². The molecule has 0 saturated carbocycles. The van der Waals surface area contributed by atoms with Gasteiger partial charge in [0, 0.05) is 32.5 Å². The van der Waals surface area contributed by atoms with Crippen molar-refractivity contribution in [3.63, 3.8) is 0 Å². The van der Waals surface area contributed by atoms with E-state index >= 15 is 0 Å². The van der Waals surface area contributed by atoms with E-state index in [2.05, 4.69) is 0 Å². The summed E-state index contributed by atoms with van der Waals surface area (Å²) in [5.41, 5.74) is 0.188. The molecule has 1 saturated heterocycles. The summed E-state index contributed by atoms with van der Waals surface area (Å²) in [5.74, 6) is 0. The zero-order valence-corrected chi connectivity index (χ0v) is 13.5. The maximum Gasteiger partial charge on any atom is 0.293 e. The van der Waals surface area contributed by atoms with Gasteiger partial charge >= 0.3 is 0 Å². The molecule has 7 nitrogen and oxygen atoms in total. The van der Waals surface area contributed by atoms with E-state index in [1.165, 1.54) is 12.1 Å². The van der Waals surface area contributed by atoms with Crippen LogP contribution in [0.3, 0.4) is 0 Å². The van der Waals surface area contributed by atoms with Crippen LogP contribution in [0.1, 0.15) is 19.3 Å². The number of hydrogen-bond acceptors (Lipinski definition) is 6. The first-order chi connectivity index (χ1) is 10.3. The summed E-state index contributed by atoms with van der Waals surface area (Å²) in [6, 6.07) is 4.00. The third-order valence-electron chi connectivity index (χ3n) is 3.73. The number of sulfone groups is 1. The van der Waals surface area contributed by atoms with Crippen molar-refractivity contribution < 1.29 is 18.1 Å². The van der Waals surface area contributed by atoms with Gasteiger partial charge in [0.15, 0.2) is 9.84 Å². The lowest BCUT2D eigenvalue weighted by Gasteiger charge is -2.28. The normalized spacial score (nSPS) is 18.9. The molecule has 1 fully saturated rings. The summed E-state index contributed by atoms with van der Waals surface area (Å²) in [7, 11) is -1.73. The zero-order chi connectivity index (χ0) is 16.3. The van der Waals surface area contributed by atoms with Gasteiger partial charge in [0.25, 0.3) is 5.69 Å². The Balaban J connectivity index is 2.27. The van der Waals surface area contributed by atoms with Crippen LogP contribution >= 0.6 is 0 Å². The molecular weight excluding hydrogens is 308 g/mol. The smallest absolute Gasteiger partial charge is 0.293 e. The monoisotopic (exact) mass is 328 g/mol. The topological polar surface area (TPSA) is 89.8 Å². The van der Waals surface area contributed by atoms with Crippen molar-refractivity contribution in [3.05, 3.63) is 28.3 Å². The van der Waals surface area contributed by atoms with Crippen LogP contribution in [0.25, 0.3) is 0 Å². The van der Waals surface area contributed by atoms with E-state index in [-0.39, 0.29) is 16.7 Å². The van der Waals surface area contributed by atoms with Crippen molar-refractivity contribution in [3.8, 4) is 0 Å². The van der Waals surface area contributed by atoms with Crippen molar-refractivity contribution in [2.24, 2.45) is 0 Å². The van der Waals surface area contributed by atoms with Crippen LogP contribution < -0.4 is 4.90 Å². The maximum atomic E-state index is 11.5. The minimum absolute atomic E-state index is 0.0490. The third kappa shape index (κ3) is 3.95. The summed E-state index contributed by atoms with van der Waals surface area (Å²) in [5, 5.41) is 11.3. The van der Waals surface area contributed by atoms with E-state index in [0.29, 0.717) is 18.8 Å². The van der Waals surface area contributed by atoms with Gasteiger partial charge in [-0.15, -0.1) is 0 Å². The maximum absolute atomic E-state index is 11.5. The highest BCUT2D eigenvalue weighted by molar-refractivity contribution is 7.90. The van der Waals surface area contributed by atoms with Crippen molar-refractivity contribution in [2.75, 3.05) is 31.4 Å². The summed E-state index contributed by atoms with van der Waals surface area (Å²) < 4.78 is 28.7. The highest BCUT2D eigenvalue weighted by Gasteiger charge is 2.23. The lowest BCUT2D eigenvalue weighted by molar-refractivity contribution is -0.384. The first-order valence-corrected chi connectivity index (χ1v) is 8.99. The molecule has 0 bridgehead atoms. The van der Waals surface area contributed by atoms with Gasteiger partial charge in [0.2, 0.25) is 0 Å². The lowest BCUT2D eigenvalue weighted by Crippen LogP contribution is -2.33. The molecule has 122 valence electrons. The van der Waals surface area contributed by atoms with Crippen molar-refractivity contribution in [2.45, 2.75) is 30.3 Å². The van der Waals surface area contributed by atoms with Crippen molar-refractivity contribution in [1.82, 2.24) is 0 Å². The van der Waals surface area contributed by atoms with Gasteiger partial charge in [-0.2, -0.15) is 0 Å². The summed E-state index contributed by atoms with van der Waals surface area (Å²) >= 11 is 0. The second kappa shape index (κ2) is 6.62. The van der Waals surface area contributed by atoms with Gasteiger partial charge in [0.1, 0.15) is 5.69 Å². The van der Waals surface area contributed by atoms with E-state index in [9.17, 15) is 18.5 Å². The second-order valence-corrected chi connectivity index (χ2v) is 7.56. The van der Waals surface area contributed by atoms with Crippen LogP contribution in [-0.2, 0) is 14.6 Å². The van der Waals surface area contributed by atoms with Gasteiger partial charge in [-0.25, -0.2) is 8.42 Å². The predicted octanol–water partition coefficient (Wildman–Crippen LogP) is 2.00. The molecule has 1 aromatic carbocycles. The number of nitro benzene ring substituents is 1. The molecule has 22 heavy (non-hydrogen) atoms. The SMILES string of the molecule is CN(CC1CCCCO1)c1ccc(S(C)(=O)=O)cc1[N+](=O)[O-]. The fourth-order valence-corrected chi connectivity index (χ4v) is 3.20. The average Bonchev–Trinajstić information content (AvgIpc) is 2.46. The molecule has 0 aromatic heterocycles. The van der Waals surface area contributed by atoms with Gasteiger partial charge in [-0.05, 0) is 31.4 Å². The number of nitrogens with zero attached hydrogens (tertiary/aromatic N) is 2. The van der Waals surface area contributed by atoms with Gasteiger partial charge < -0.3 is 9.64 Å². The Labute approximate surface area is 129 Å². The Bertz CT molecular complexity index is 653. The Morgan fingerprint density at radius 3 is 2.68 bits per heavy atom. The highest BCUT2D eigenvalue weighted by Crippen LogP contribution is 2.30. The minimum Gasteiger partial charge on any atom is -0.376 e. The second-order valence-electron chi connectivity index (χ2n) is 5.55. The zero-order valence-electron chi connectivity index (χ0n) is 12.7. The number of benzene rings is 1. The fourth-order valence-electron chi connectivity index (χ4n) is 2.56. The molecule has 0 amide bonds. The summed E-state index contributed by atoms with van der Waals surface area (Å²) in [4.78, 5) is 12.4. The molecular formula is C14H20N2O5S. The van der Waals surface area contributed by atoms with Crippen LogP contribution in [-0.4, -0.2) is 45.9 Å². The van der Waals surface area contributed by atoms with Crippen molar-refractivity contribution in [1.29, 1.82) is 0 Å². The molecule has 1 heterocycles. The first-order valence-electron chi connectivity index (χ1n) is 7.10. The van der Waals surface area contributed by atoms with Crippen LogP contribution in [0.2, 0.25) is 0 Å². The molecule has 0 N–H and O–H groups in total. The standard InChI is InChI=1S/C14H20N2O5S/c1-15(10-11-5-3-4-8-21-11)13-7-6-12(22(2,19)20)9-14(13)16(17)18/h6-7,9,11H,3-5,8,10H2,1-2H3. The number of rotatable bonds is 5. The summed E-state index contributed by atoms with van der Waals surface area (Å²) in [6.07, 6.45) is 4.15. The largest absolute Gasteiger partial charge is 0.376 e. The van der Waals surface area contributed by atoms with E-state index in [4.69, 9.17) is 4.74 Å². The van der Waals surface area contributed by atoms with E-state index in [0.717, 1.165) is 31.6 Å². The molecule has 0 aliphatic carbocycles. The number of anilines is 1. The van der Waals surface area contributed by atoms with Crippen LogP contribution in [0.15, 0.2) is 23.1 Å². The van der Waals surface area contributed by atoms with E-state index < -0.39 is 14.8 Å². The summed E-state index contributed by atoms with van der Waals surface area (Å²) in [6.45, 7) is 1.26. The average molecular weight is 328 g/mol. The minimum atomic E-state index is -3.48. The molecule has 1 unspecified atom stereocenters. The van der Waals surface area contributed by atoms with Gasteiger partial charge in [-0.3, -0.25) is 10.1 Å². The first kappa shape index (κ1) is 16.7. The molecule has 0 radical (unpaired) electrons. The molecule has 1 aliphatic rings. The number of ether oxygens (including phenoxy) is 1. The number of nitro groups is 1. The molecule has 1 aliphatic heterocycles. The molecule has 8 heteroatoms. The van der Waals surface area contributed by atoms with Gasteiger partial charge in [-0.1, -0.05) is 0 Å². The highest BCUT2D eigenvalue weighted by atomic mass is 32.2. The lowest BCUT2D eigenvalue weighted by atomic mass is 10.1. The quantitative estimate of drug-likeness (QED) is 0.606. The van der Waals surface area contributed by atoms with Crippen LogP contribution in [0.5, 0.6) is 0 Å². The Morgan fingerprint density at radius 1 is 1.41 bits per heavy atom. The number of hydrogen-bond donors (Lipinski definition) is 0. The Morgan fingerprint density at radius 2 is 2.14 bits per heavy atom. The van der Waals surface area contributed by atoms with Crippen molar-refractivity contribution >= 4 is 21.2 Å². The molecule has 1 atom stereocenters. The third-order valence-corrected chi connectivity index (χ3v) is 4.84.